The van der Waals surface area contributed by atoms with Crippen LogP contribution in [-0.2, 0) is 6.54 Å². The molecule has 0 bridgehead atoms. The van der Waals surface area contributed by atoms with Gasteiger partial charge in [-0.25, -0.2) is 4.98 Å². The van der Waals surface area contributed by atoms with E-state index < -0.39 is 0 Å². The van der Waals surface area contributed by atoms with E-state index in [0.29, 0.717) is 28.0 Å². The average Bonchev–Trinajstić information content (AvgIpc) is 2.63. The van der Waals surface area contributed by atoms with Gasteiger partial charge in [0.1, 0.15) is 5.82 Å². The molecule has 126 valence electrons. The lowest BCUT2D eigenvalue weighted by Gasteiger charge is -2.09. The van der Waals surface area contributed by atoms with E-state index in [1.807, 2.05) is 30.3 Å². The van der Waals surface area contributed by atoms with Crippen LogP contribution in [0.1, 0.15) is 15.9 Å². The first-order valence-corrected chi connectivity index (χ1v) is 8.38. The number of hydrogen-bond donors (Lipinski definition) is 2. The van der Waals surface area contributed by atoms with Gasteiger partial charge >= 0.3 is 0 Å². The predicted octanol–water partition coefficient (Wildman–Crippen LogP) is 5.06. The van der Waals surface area contributed by atoms with Crippen molar-refractivity contribution in [2.24, 2.45) is 0 Å². The number of halogens is 2. The van der Waals surface area contributed by atoms with Crippen molar-refractivity contribution in [2.75, 3.05) is 5.32 Å². The largest absolute Gasteiger partial charge is 0.348 e. The number of nitrogens with one attached hydrogen (secondary N) is 2. The first-order valence-electron chi connectivity index (χ1n) is 7.62. The maximum Gasteiger partial charge on any atom is 0.251 e. The van der Waals surface area contributed by atoms with Gasteiger partial charge in [0.15, 0.2) is 0 Å². The van der Waals surface area contributed by atoms with E-state index in [2.05, 4.69) is 15.6 Å². The van der Waals surface area contributed by atoms with Crippen molar-refractivity contribution in [3.63, 3.8) is 0 Å². The molecule has 0 spiro atoms. The van der Waals surface area contributed by atoms with Gasteiger partial charge in [-0.3, -0.25) is 4.79 Å². The molecular formula is C19H15Cl2N3O. The summed E-state index contributed by atoms with van der Waals surface area (Å²) < 4.78 is 0. The fourth-order valence-corrected chi connectivity index (χ4v) is 2.57. The van der Waals surface area contributed by atoms with Crippen LogP contribution in [0.2, 0.25) is 10.0 Å². The summed E-state index contributed by atoms with van der Waals surface area (Å²) in [6.45, 7) is 0.362. The van der Waals surface area contributed by atoms with Crippen LogP contribution in [0, 0.1) is 0 Å². The highest BCUT2D eigenvalue weighted by Crippen LogP contribution is 2.18. The lowest BCUT2D eigenvalue weighted by Crippen LogP contribution is -2.23. The van der Waals surface area contributed by atoms with Gasteiger partial charge in [0.25, 0.3) is 5.91 Å². The number of anilines is 2. The summed E-state index contributed by atoms with van der Waals surface area (Å²) in [6.07, 6.45) is 1.59. The molecule has 4 nitrogen and oxygen atoms in total. The number of nitrogens with zero attached hydrogens (tertiary/aromatic N) is 1. The Labute approximate surface area is 155 Å². The maximum atomic E-state index is 12.4. The summed E-state index contributed by atoms with van der Waals surface area (Å²) in [5, 5.41) is 7.28. The second-order valence-electron chi connectivity index (χ2n) is 5.34. The quantitative estimate of drug-likeness (QED) is 0.658. The molecule has 0 aliphatic heterocycles. The van der Waals surface area contributed by atoms with E-state index in [9.17, 15) is 4.79 Å². The fraction of sp³-hybridized carbons (Fsp3) is 0.0526. The summed E-state index contributed by atoms with van der Waals surface area (Å²) in [6, 6.07) is 18.0. The number of amides is 1. The third-order valence-corrected chi connectivity index (χ3v) is 4.16. The molecule has 0 saturated carbocycles. The smallest absolute Gasteiger partial charge is 0.251 e. The highest BCUT2D eigenvalue weighted by molar-refractivity contribution is 6.31. The SMILES string of the molecule is O=C(NCc1ccccc1Cl)c1ccnc(Nc2ccc(Cl)cc2)c1. The topological polar surface area (TPSA) is 54.0 Å². The summed E-state index contributed by atoms with van der Waals surface area (Å²) in [5.41, 5.74) is 2.22. The monoisotopic (exact) mass is 371 g/mol. The van der Waals surface area contributed by atoms with Crippen LogP contribution in [0.15, 0.2) is 66.9 Å². The summed E-state index contributed by atoms with van der Waals surface area (Å²) in [7, 11) is 0. The van der Waals surface area contributed by atoms with Gasteiger partial charge in [-0.1, -0.05) is 41.4 Å². The Morgan fingerprint density at radius 1 is 1.00 bits per heavy atom. The lowest BCUT2D eigenvalue weighted by atomic mass is 10.2. The van der Waals surface area contributed by atoms with Gasteiger partial charge in [0, 0.05) is 34.0 Å². The Morgan fingerprint density at radius 2 is 1.76 bits per heavy atom. The number of rotatable bonds is 5. The van der Waals surface area contributed by atoms with Gasteiger partial charge in [-0.2, -0.15) is 0 Å². The molecule has 2 aromatic carbocycles. The second kappa shape index (κ2) is 8.01. The van der Waals surface area contributed by atoms with Crippen molar-refractivity contribution in [3.05, 3.63) is 88.0 Å². The van der Waals surface area contributed by atoms with Gasteiger partial charge in [0.2, 0.25) is 0 Å². The molecule has 25 heavy (non-hydrogen) atoms. The third kappa shape index (κ3) is 4.72. The summed E-state index contributed by atoms with van der Waals surface area (Å²) in [4.78, 5) is 16.6. The molecule has 3 rings (SSSR count). The molecule has 2 N–H and O–H groups in total. The zero-order valence-corrected chi connectivity index (χ0v) is 14.7. The second-order valence-corrected chi connectivity index (χ2v) is 6.18. The van der Waals surface area contributed by atoms with Crippen molar-refractivity contribution in [3.8, 4) is 0 Å². The van der Waals surface area contributed by atoms with Gasteiger partial charge < -0.3 is 10.6 Å². The van der Waals surface area contributed by atoms with E-state index in [0.717, 1.165) is 11.3 Å². The fourth-order valence-electron chi connectivity index (χ4n) is 2.24. The Hall–Kier alpha value is -2.56. The zero-order valence-electron chi connectivity index (χ0n) is 13.2. The van der Waals surface area contributed by atoms with Crippen molar-refractivity contribution < 1.29 is 4.79 Å². The summed E-state index contributed by atoms with van der Waals surface area (Å²) in [5.74, 6) is 0.384. The molecule has 0 atom stereocenters. The van der Waals surface area contributed by atoms with Crippen LogP contribution in [0.25, 0.3) is 0 Å². The van der Waals surface area contributed by atoms with Crippen LogP contribution in [-0.4, -0.2) is 10.9 Å². The van der Waals surface area contributed by atoms with E-state index in [-0.39, 0.29) is 5.91 Å². The number of benzene rings is 2. The molecule has 0 aliphatic carbocycles. The lowest BCUT2D eigenvalue weighted by molar-refractivity contribution is 0.0951. The van der Waals surface area contributed by atoms with Crippen molar-refractivity contribution >= 4 is 40.6 Å². The third-order valence-electron chi connectivity index (χ3n) is 3.54. The molecule has 6 heteroatoms. The standard InChI is InChI=1S/C19H15Cl2N3O/c20-15-5-7-16(8-6-15)24-18-11-13(9-10-22-18)19(25)23-12-14-3-1-2-4-17(14)21/h1-11H,12H2,(H,22,24)(H,23,25). The Kier molecular flexibility index (Phi) is 5.53. The highest BCUT2D eigenvalue weighted by atomic mass is 35.5. The number of hydrogen-bond acceptors (Lipinski definition) is 3. The first kappa shape index (κ1) is 17.3. The van der Waals surface area contributed by atoms with Gasteiger partial charge in [-0.15, -0.1) is 0 Å². The number of pyridine rings is 1. The summed E-state index contributed by atoms with van der Waals surface area (Å²) >= 11 is 12.0. The van der Waals surface area contributed by atoms with E-state index in [1.165, 1.54) is 0 Å². The van der Waals surface area contributed by atoms with Gasteiger partial charge in [-0.05, 0) is 48.0 Å². The molecule has 3 aromatic rings. The molecule has 0 unspecified atom stereocenters. The van der Waals surface area contributed by atoms with Gasteiger partial charge in [0.05, 0.1) is 0 Å². The molecule has 0 saturated heterocycles. The molecule has 1 amide bonds. The van der Waals surface area contributed by atoms with E-state index in [4.69, 9.17) is 23.2 Å². The van der Waals surface area contributed by atoms with Crippen LogP contribution in [0.5, 0.6) is 0 Å². The minimum Gasteiger partial charge on any atom is -0.348 e. The Bertz CT molecular complexity index is 882. The zero-order chi connectivity index (χ0) is 17.6. The molecule has 0 aliphatic rings. The van der Waals surface area contributed by atoms with Crippen LogP contribution in [0.3, 0.4) is 0 Å². The molecule has 1 aromatic heterocycles. The Balaban J connectivity index is 1.67. The van der Waals surface area contributed by atoms with E-state index in [1.54, 1.807) is 36.5 Å². The van der Waals surface area contributed by atoms with Crippen molar-refractivity contribution in [2.45, 2.75) is 6.54 Å². The molecule has 0 fully saturated rings. The first-order chi connectivity index (χ1) is 12.1. The van der Waals surface area contributed by atoms with Crippen LogP contribution < -0.4 is 10.6 Å². The number of carbonyl (C=O) groups excluding carboxylic acids is 1. The minimum atomic E-state index is -0.193. The highest BCUT2D eigenvalue weighted by Gasteiger charge is 2.08. The normalized spacial score (nSPS) is 10.3. The maximum absolute atomic E-state index is 12.4. The van der Waals surface area contributed by atoms with Crippen molar-refractivity contribution in [1.82, 2.24) is 10.3 Å². The minimum absolute atomic E-state index is 0.193. The molecular weight excluding hydrogens is 357 g/mol. The number of carbonyl (C=O) groups is 1. The Morgan fingerprint density at radius 3 is 2.52 bits per heavy atom. The molecule has 1 heterocycles. The molecule has 0 radical (unpaired) electrons. The predicted molar refractivity (Wildman–Crippen MR) is 102 cm³/mol. The van der Waals surface area contributed by atoms with E-state index >= 15 is 0 Å². The van der Waals surface area contributed by atoms with Crippen LogP contribution >= 0.6 is 23.2 Å². The average molecular weight is 372 g/mol. The van der Waals surface area contributed by atoms with Crippen molar-refractivity contribution in [1.29, 1.82) is 0 Å². The van der Waals surface area contributed by atoms with Crippen LogP contribution in [0.4, 0.5) is 11.5 Å². The number of aromatic nitrogens is 1.